The van der Waals surface area contributed by atoms with Crippen LogP contribution in [0.4, 0.5) is 5.69 Å². The summed E-state index contributed by atoms with van der Waals surface area (Å²) in [5.41, 5.74) is 3.97. The third-order valence-electron chi connectivity index (χ3n) is 5.10. The van der Waals surface area contributed by atoms with E-state index in [2.05, 4.69) is 46.6 Å². The molecule has 4 aromatic rings. The van der Waals surface area contributed by atoms with Crippen LogP contribution >= 0.6 is 11.8 Å². The Hall–Kier alpha value is -3.42. The van der Waals surface area contributed by atoms with Crippen LogP contribution in [0.1, 0.15) is 5.56 Å². The number of nitrogens with one attached hydrogen (secondary N) is 1. The standard InChI is InChI=1S/C26H27N5OS/c1-30(2)18-17-20-13-15-22(16-14-20)27-24(32)19-33-26-29-28-25(21-9-5-3-6-10-21)31(26)23-11-7-4-8-12-23/h3-16H,17-19H2,1-2H3,(H,27,32). The molecule has 7 heteroatoms. The van der Waals surface area contributed by atoms with Gasteiger partial charge in [0, 0.05) is 23.5 Å². The number of carbonyl (C=O) groups is 1. The van der Waals surface area contributed by atoms with Gasteiger partial charge < -0.3 is 10.2 Å². The number of rotatable bonds is 9. The molecule has 4 rings (SSSR count). The molecule has 1 heterocycles. The van der Waals surface area contributed by atoms with Gasteiger partial charge >= 0.3 is 0 Å². The number of anilines is 1. The van der Waals surface area contributed by atoms with Crippen molar-refractivity contribution in [3.63, 3.8) is 0 Å². The highest BCUT2D eigenvalue weighted by molar-refractivity contribution is 7.99. The van der Waals surface area contributed by atoms with Gasteiger partial charge in [-0.2, -0.15) is 0 Å². The van der Waals surface area contributed by atoms with E-state index < -0.39 is 0 Å². The Bertz CT molecular complexity index is 1170. The molecule has 1 aromatic heterocycles. The number of amides is 1. The molecule has 0 unspecified atom stereocenters. The van der Waals surface area contributed by atoms with Crippen LogP contribution in [0.5, 0.6) is 0 Å². The summed E-state index contributed by atoms with van der Waals surface area (Å²) in [4.78, 5) is 14.8. The summed E-state index contributed by atoms with van der Waals surface area (Å²) in [5.74, 6) is 0.908. The molecule has 0 aliphatic heterocycles. The SMILES string of the molecule is CN(C)CCc1ccc(NC(=O)CSc2nnc(-c3ccccc3)n2-c2ccccc2)cc1. The van der Waals surface area contributed by atoms with E-state index in [0.29, 0.717) is 5.16 Å². The van der Waals surface area contributed by atoms with Crippen molar-refractivity contribution in [1.82, 2.24) is 19.7 Å². The van der Waals surface area contributed by atoms with Crippen LogP contribution in [0.2, 0.25) is 0 Å². The summed E-state index contributed by atoms with van der Waals surface area (Å²) in [6, 6.07) is 27.9. The Morgan fingerprint density at radius 1 is 0.909 bits per heavy atom. The van der Waals surface area contributed by atoms with Gasteiger partial charge in [0.15, 0.2) is 11.0 Å². The van der Waals surface area contributed by atoms with Gasteiger partial charge in [-0.1, -0.05) is 72.4 Å². The Kier molecular flexibility index (Phi) is 7.55. The van der Waals surface area contributed by atoms with Crippen LogP contribution in [-0.2, 0) is 11.2 Å². The molecule has 1 amide bonds. The summed E-state index contributed by atoms with van der Waals surface area (Å²) in [6.07, 6.45) is 0.982. The predicted octanol–water partition coefficient (Wildman–Crippen LogP) is 4.77. The fourth-order valence-corrected chi connectivity index (χ4v) is 4.13. The van der Waals surface area contributed by atoms with Gasteiger partial charge in [-0.05, 0) is 50.3 Å². The van der Waals surface area contributed by atoms with E-state index in [1.54, 1.807) is 0 Å². The first-order valence-electron chi connectivity index (χ1n) is 10.8. The molecular weight excluding hydrogens is 430 g/mol. The highest BCUT2D eigenvalue weighted by atomic mass is 32.2. The lowest BCUT2D eigenvalue weighted by molar-refractivity contribution is -0.113. The Balaban J connectivity index is 1.45. The van der Waals surface area contributed by atoms with Crippen molar-refractivity contribution in [2.45, 2.75) is 11.6 Å². The second-order valence-electron chi connectivity index (χ2n) is 7.93. The average Bonchev–Trinajstić information content (AvgIpc) is 3.27. The number of thioether (sulfide) groups is 1. The highest BCUT2D eigenvalue weighted by Crippen LogP contribution is 2.28. The number of likely N-dealkylation sites (N-methyl/N-ethyl adjacent to an activating group) is 1. The molecule has 0 aliphatic carbocycles. The molecule has 0 bridgehead atoms. The molecular formula is C26H27N5OS. The van der Waals surface area contributed by atoms with Crippen LogP contribution in [0.3, 0.4) is 0 Å². The van der Waals surface area contributed by atoms with Crippen molar-refractivity contribution in [3.05, 3.63) is 90.5 Å². The van der Waals surface area contributed by atoms with E-state index in [1.807, 2.05) is 77.4 Å². The molecule has 168 valence electrons. The average molecular weight is 458 g/mol. The normalized spacial score (nSPS) is 11.0. The number of aromatic nitrogens is 3. The van der Waals surface area contributed by atoms with Crippen LogP contribution in [0.25, 0.3) is 17.1 Å². The van der Waals surface area contributed by atoms with Crippen LogP contribution in [-0.4, -0.2) is 52.0 Å². The molecule has 1 N–H and O–H groups in total. The first kappa shape index (κ1) is 22.8. The van der Waals surface area contributed by atoms with Crippen molar-refractivity contribution >= 4 is 23.4 Å². The van der Waals surface area contributed by atoms with E-state index in [-0.39, 0.29) is 11.7 Å². The van der Waals surface area contributed by atoms with Gasteiger partial charge in [0.1, 0.15) is 0 Å². The second kappa shape index (κ2) is 10.9. The molecule has 0 spiro atoms. The molecule has 0 saturated carbocycles. The fourth-order valence-electron chi connectivity index (χ4n) is 3.38. The number of benzene rings is 3. The zero-order chi connectivity index (χ0) is 23.0. The number of nitrogens with zero attached hydrogens (tertiary/aromatic N) is 4. The first-order valence-corrected chi connectivity index (χ1v) is 11.8. The lowest BCUT2D eigenvalue weighted by Gasteiger charge is -2.11. The van der Waals surface area contributed by atoms with Gasteiger partial charge in [-0.25, -0.2) is 0 Å². The third kappa shape index (κ3) is 6.09. The maximum atomic E-state index is 12.6. The summed E-state index contributed by atoms with van der Waals surface area (Å²) in [6.45, 7) is 0.995. The number of hydrogen-bond donors (Lipinski definition) is 1. The largest absolute Gasteiger partial charge is 0.325 e. The molecule has 0 saturated heterocycles. The minimum absolute atomic E-state index is 0.0788. The summed E-state index contributed by atoms with van der Waals surface area (Å²) in [5, 5.41) is 12.5. The van der Waals surface area contributed by atoms with Crippen molar-refractivity contribution in [3.8, 4) is 17.1 Å². The van der Waals surface area contributed by atoms with Crippen LogP contribution < -0.4 is 5.32 Å². The van der Waals surface area contributed by atoms with Gasteiger partial charge in [0.05, 0.1) is 5.75 Å². The van der Waals surface area contributed by atoms with E-state index in [0.717, 1.165) is 35.7 Å². The zero-order valence-electron chi connectivity index (χ0n) is 18.8. The summed E-state index contributed by atoms with van der Waals surface area (Å²) >= 11 is 1.37. The molecule has 0 radical (unpaired) electrons. The molecule has 3 aromatic carbocycles. The van der Waals surface area contributed by atoms with Crippen molar-refractivity contribution in [1.29, 1.82) is 0 Å². The van der Waals surface area contributed by atoms with Crippen molar-refractivity contribution in [2.24, 2.45) is 0 Å². The molecule has 33 heavy (non-hydrogen) atoms. The van der Waals surface area contributed by atoms with E-state index in [1.165, 1.54) is 17.3 Å². The summed E-state index contributed by atoms with van der Waals surface area (Å²) in [7, 11) is 4.13. The Labute approximate surface area is 198 Å². The minimum Gasteiger partial charge on any atom is -0.325 e. The molecule has 0 atom stereocenters. The highest BCUT2D eigenvalue weighted by Gasteiger charge is 2.17. The predicted molar refractivity (Wildman–Crippen MR) is 135 cm³/mol. The van der Waals surface area contributed by atoms with Crippen LogP contribution in [0, 0.1) is 0 Å². The Morgan fingerprint density at radius 2 is 1.58 bits per heavy atom. The molecule has 6 nitrogen and oxygen atoms in total. The van der Waals surface area contributed by atoms with Gasteiger partial charge in [0.25, 0.3) is 0 Å². The molecule has 0 aliphatic rings. The van der Waals surface area contributed by atoms with E-state index in [4.69, 9.17) is 0 Å². The number of carbonyl (C=O) groups excluding carboxylic acids is 1. The van der Waals surface area contributed by atoms with E-state index in [9.17, 15) is 4.79 Å². The number of hydrogen-bond acceptors (Lipinski definition) is 5. The lowest BCUT2D eigenvalue weighted by Crippen LogP contribution is -2.16. The Morgan fingerprint density at radius 3 is 2.24 bits per heavy atom. The maximum absolute atomic E-state index is 12.6. The fraction of sp³-hybridized carbons (Fsp3) is 0.192. The number of para-hydroxylation sites is 1. The van der Waals surface area contributed by atoms with Crippen molar-refractivity contribution < 1.29 is 4.79 Å². The van der Waals surface area contributed by atoms with Gasteiger partial charge in [0.2, 0.25) is 5.91 Å². The van der Waals surface area contributed by atoms with E-state index >= 15 is 0 Å². The lowest BCUT2D eigenvalue weighted by atomic mass is 10.1. The van der Waals surface area contributed by atoms with Crippen molar-refractivity contribution in [2.75, 3.05) is 31.7 Å². The second-order valence-corrected chi connectivity index (χ2v) is 8.87. The first-order chi connectivity index (χ1) is 16.1. The third-order valence-corrected chi connectivity index (χ3v) is 6.03. The monoisotopic (exact) mass is 457 g/mol. The minimum atomic E-state index is -0.0788. The van der Waals surface area contributed by atoms with Gasteiger partial charge in [-0.3, -0.25) is 9.36 Å². The molecule has 0 fully saturated rings. The summed E-state index contributed by atoms with van der Waals surface area (Å²) < 4.78 is 1.99. The quantitative estimate of drug-likeness (QED) is 0.367. The maximum Gasteiger partial charge on any atom is 0.234 e. The smallest absolute Gasteiger partial charge is 0.234 e. The van der Waals surface area contributed by atoms with Crippen LogP contribution in [0.15, 0.2) is 90.1 Å². The van der Waals surface area contributed by atoms with Gasteiger partial charge in [-0.15, -0.1) is 10.2 Å². The zero-order valence-corrected chi connectivity index (χ0v) is 19.6. The topological polar surface area (TPSA) is 63.1 Å².